The molecule has 145 heavy (non-hydrogen) atoms. The van der Waals surface area contributed by atoms with E-state index >= 15 is 0 Å². The molecule has 5 heterocycles. The topological polar surface area (TPSA) is 727 Å². The summed E-state index contributed by atoms with van der Waals surface area (Å²) in [6, 6.07) is -3.34. The van der Waals surface area contributed by atoms with Crippen molar-refractivity contribution in [2.75, 3.05) is 237 Å². The quantitative estimate of drug-likeness (QED) is 0.0213. The summed E-state index contributed by atoms with van der Waals surface area (Å²) < 4.78 is 98.3. The van der Waals surface area contributed by atoms with Crippen molar-refractivity contribution in [3.05, 3.63) is 24.0 Å². The molecule has 15 atom stereocenters. The molecule has 4 aliphatic rings. The number of carbonyl (C=O) groups excluding carboxylic acids is 13. The van der Waals surface area contributed by atoms with Gasteiger partial charge in [0.05, 0.1) is 177 Å². The molecule has 54 nitrogen and oxygen atoms in total. The van der Waals surface area contributed by atoms with Gasteiger partial charge in [-0.1, -0.05) is 5.21 Å². The van der Waals surface area contributed by atoms with Crippen LogP contribution in [0.3, 0.4) is 0 Å². The maximum atomic E-state index is 14.3. The van der Waals surface area contributed by atoms with Crippen LogP contribution in [0.25, 0.3) is 0 Å². The number of nitrogens with zero attached hydrogens (tertiary/aromatic N) is 4. The van der Waals surface area contributed by atoms with Crippen LogP contribution in [-0.2, 0) is 156 Å². The molecule has 1 aromatic heterocycles. The number of hydrogen-bond donors (Lipinski definition) is 20. The number of aryl methyl sites for hydroxylation is 1. The fourth-order valence-corrected chi connectivity index (χ4v) is 14.5. The Morgan fingerprint density at radius 3 is 0.917 bits per heavy atom. The van der Waals surface area contributed by atoms with Gasteiger partial charge in [0.15, 0.2) is 18.9 Å². The fourth-order valence-electron chi connectivity index (χ4n) is 14.5. The third-order valence-corrected chi connectivity index (χ3v) is 22.2. The van der Waals surface area contributed by atoms with E-state index in [0.717, 1.165) is 4.90 Å². The van der Waals surface area contributed by atoms with Gasteiger partial charge in [0.1, 0.15) is 78.6 Å². The first kappa shape index (κ1) is 127. The molecule has 3 saturated heterocycles. The van der Waals surface area contributed by atoms with E-state index in [1.807, 2.05) is 0 Å². The van der Waals surface area contributed by atoms with Crippen molar-refractivity contribution in [3.63, 3.8) is 0 Å². The maximum absolute atomic E-state index is 14.3. The summed E-state index contributed by atoms with van der Waals surface area (Å²) in [5.74, 6) is -5.15. The second-order valence-corrected chi connectivity index (χ2v) is 34.3. The number of rotatable bonds is 85. The highest BCUT2D eigenvalue weighted by Gasteiger charge is 2.48. The molecular formula is C91H157N15O39. The van der Waals surface area contributed by atoms with E-state index < -0.39 is 170 Å². The minimum Gasteiger partial charge on any atom is -0.394 e. The van der Waals surface area contributed by atoms with Gasteiger partial charge in [-0.2, -0.15) is 0 Å². The van der Waals surface area contributed by atoms with Crippen LogP contribution in [0.4, 0.5) is 0 Å². The number of hydrogen-bond acceptors (Lipinski definition) is 41. The average Bonchev–Trinajstić information content (AvgIpc) is 1.22. The zero-order chi connectivity index (χ0) is 106. The van der Waals surface area contributed by atoms with Crippen LogP contribution < -0.4 is 58.5 Å². The zero-order valence-electron chi connectivity index (χ0n) is 83.3. The number of nitrogens with one attached hydrogen (secondary N) is 11. The van der Waals surface area contributed by atoms with Crippen LogP contribution in [0, 0.1) is 0 Å². The van der Waals surface area contributed by atoms with Crippen LogP contribution in [0.2, 0.25) is 0 Å². The molecule has 1 aromatic rings. The predicted molar refractivity (Wildman–Crippen MR) is 503 cm³/mol. The molecule has 0 aromatic carbocycles. The Hall–Kier alpha value is -8.85. The smallest absolute Gasteiger partial charge is 0.253 e. The van der Waals surface area contributed by atoms with Gasteiger partial charge in [-0.3, -0.25) is 67.2 Å². The lowest BCUT2D eigenvalue weighted by Gasteiger charge is -2.42. The minimum absolute atomic E-state index is 0.0584. The number of unbranched alkanes of at least 4 members (excludes halogenated alkanes) is 3. The summed E-state index contributed by atoms with van der Waals surface area (Å²) in [4.78, 5) is 164. The summed E-state index contributed by atoms with van der Waals surface area (Å²) in [6.45, 7) is 7.43. The Morgan fingerprint density at radius 1 is 0.331 bits per heavy atom. The lowest BCUT2D eigenvalue weighted by Crippen LogP contribution is -2.64. The number of aromatic nitrogens is 3. The molecular weight excluding hydrogens is 1930 g/mol. The van der Waals surface area contributed by atoms with Crippen molar-refractivity contribution in [1.82, 2.24) is 78.4 Å². The van der Waals surface area contributed by atoms with Crippen molar-refractivity contribution in [2.45, 2.75) is 240 Å². The van der Waals surface area contributed by atoms with Gasteiger partial charge in [0.2, 0.25) is 65.0 Å². The summed E-state index contributed by atoms with van der Waals surface area (Å²) in [6.07, 6.45) is -8.51. The van der Waals surface area contributed by atoms with Crippen LogP contribution in [0.5, 0.6) is 0 Å². The number of carbonyl (C=O) groups is 13. The highest BCUT2D eigenvalue weighted by Crippen LogP contribution is 2.27. The number of aliphatic hydroxyl groups excluding tert-OH is 9. The molecule has 3 fully saturated rings. The molecule has 0 radical (unpaired) electrons. The average molecular weight is 2090 g/mol. The Kier molecular flexibility index (Phi) is 66.9. The first-order valence-corrected chi connectivity index (χ1v) is 49.5. The van der Waals surface area contributed by atoms with E-state index in [1.165, 1.54) is 32.9 Å². The molecule has 5 rings (SSSR count). The lowest BCUT2D eigenvalue weighted by molar-refractivity contribution is -0.270. The van der Waals surface area contributed by atoms with Gasteiger partial charge >= 0.3 is 0 Å². The molecule has 0 spiro atoms. The van der Waals surface area contributed by atoms with E-state index in [0.29, 0.717) is 156 Å². The highest BCUT2D eigenvalue weighted by atomic mass is 16.7. The molecule has 4 aliphatic heterocycles. The highest BCUT2D eigenvalue weighted by molar-refractivity contribution is 6.12. The van der Waals surface area contributed by atoms with Crippen molar-refractivity contribution < 1.29 is 189 Å². The predicted octanol–water partition coefficient (Wildman–Crippen LogP) is -8.89. The maximum Gasteiger partial charge on any atom is 0.253 e. The molecule has 0 saturated carbocycles. The standard InChI is InChI=1S/C91H157N15O39/c1-62(110)99-79-85(126)82(123)66(56-107)143-88(79)140-33-7-4-13-69(113)92-24-10-27-95-72(116)21-37-137-59-91(60-138-38-22-73(117)96-28-11-25-93-70(114)14-5-8-34-141-89-80(100-63(2)111)86(127)83(124)67(57-108)144-89,61-139-39-23-74(118)97-29-12-26-94-71(115)15-6-9-35-142-90-81(101-64(3)112)87(128)84(125)68(58-109)145-90)102-76(120)17-16-65-55-105(104-103-65)32-40-130-42-44-132-46-48-134-50-52-136-54-53-135-51-49-133-47-45-131-43-41-129-36-20-75(119)98-30-31-106-77(121)18-19-78(106)122/h18-19,55,66-68,79-90,107-109,123-128H,4-17,20-54,56-61H2,1-3H3,(H,92,113)(H,93,114)(H,94,115)(H,95,116)(H,96,117)(H,97,118)(H,98,119)(H,99,110)(H,100,111)(H,101,112)(H,102,120)/t66-,67-,68-,79-,80-,81-,82+,83+,84+,85-,86-,87-,88-,89-,90-/m1/s1. The molecule has 13 amide bonds. The molecule has 20 N–H and O–H groups in total. The first-order valence-electron chi connectivity index (χ1n) is 49.5. The van der Waals surface area contributed by atoms with E-state index in [4.69, 9.17) is 80.5 Å². The van der Waals surface area contributed by atoms with Gasteiger partial charge in [-0.15, -0.1) is 5.10 Å². The fraction of sp³-hybridized carbons (Fsp3) is 0.813. The van der Waals surface area contributed by atoms with Crippen LogP contribution in [-0.4, -0.2) is 477 Å². The summed E-state index contributed by atoms with van der Waals surface area (Å²) >= 11 is 0. The van der Waals surface area contributed by atoms with Gasteiger partial charge in [-0.25, -0.2) is 4.68 Å². The lowest BCUT2D eigenvalue weighted by atomic mass is 9.97. The van der Waals surface area contributed by atoms with Crippen LogP contribution >= 0.6 is 0 Å². The van der Waals surface area contributed by atoms with Gasteiger partial charge in [0.25, 0.3) is 11.8 Å². The first-order chi connectivity index (χ1) is 70.0. The number of amides is 13. The Morgan fingerprint density at radius 2 is 0.614 bits per heavy atom. The second kappa shape index (κ2) is 76.6. The van der Waals surface area contributed by atoms with Crippen molar-refractivity contribution >= 4 is 76.8 Å². The third kappa shape index (κ3) is 55.3. The van der Waals surface area contributed by atoms with Gasteiger partial charge < -0.3 is 185 Å². The second-order valence-electron chi connectivity index (χ2n) is 34.3. The molecule has 0 aliphatic carbocycles. The van der Waals surface area contributed by atoms with Crippen molar-refractivity contribution in [2.24, 2.45) is 0 Å². The van der Waals surface area contributed by atoms with Crippen molar-refractivity contribution in [3.8, 4) is 0 Å². The van der Waals surface area contributed by atoms with E-state index in [9.17, 15) is 108 Å². The van der Waals surface area contributed by atoms with Crippen LogP contribution in [0.15, 0.2) is 18.3 Å². The molecule has 830 valence electrons. The van der Waals surface area contributed by atoms with Gasteiger partial charge in [-0.05, 0) is 57.8 Å². The number of imide groups is 1. The summed E-state index contributed by atoms with van der Waals surface area (Å²) in [7, 11) is 0. The third-order valence-electron chi connectivity index (χ3n) is 22.2. The Balaban J connectivity index is 1.06. The van der Waals surface area contributed by atoms with Crippen LogP contribution in [0.1, 0.15) is 136 Å². The summed E-state index contributed by atoms with van der Waals surface area (Å²) in [5.41, 5.74) is -1.07. The van der Waals surface area contributed by atoms with E-state index in [2.05, 4.69) is 68.8 Å². The molecule has 54 heteroatoms. The summed E-state index contributed by atoms with van der Waals surface area (Å²) in [5, 5.41) is 130. The Labute approximate surface area is 842 Å². The molecule has 0 unspecified atom stereocenters. The number of ether oxygens (including phenoxy) is 17. The van der Waals surface area contributed by atoms with E-state index in [-0.39, 0.29) is 213 Å². The largest absolute Gasteiger partial charge is 0.394 e. The Bertz CT molecular complexity index is 3630. The van der Waals surface area contributed by atoms with Crippen molar-refractivity contribution in [1.29, 1.82) is 0 Å². The normalized spacial score (nSPS) is 21.5. The monoisotopic (exact) mass is 2080 g/mol. The zero-order valence-corrected chi connectivity index (χ0v) is 83.3. The van der Waals surface area contributed by atoms with Gasteiger partial charge in [0, 0.05) is 169 Å². The number of aliphatic hydroxyl groups is 9. The molecule has 0 bridgehead atoms. The minimum atomic E-state index is -1.54. The SMILES string of the molecule is CC(=O)N[C@H]1[C@H](OCCCCC(=O)NCCCNC(=O)CCOCC(COCCC(=O)NCCCNC(=O)CCCCO[C@@H]2O[C@H](CO)[C@H](O)[C@H](O)[C@H]2NC(C)=O)(COCCC(=O)NCCCNC(=O)CCCCO[C@@H]2O[C@H](CO)[C@H](O)[C@H](O)[C@H]2NC(C)=O)NC(=O)CCc2cn(CCOCCOCCOCCOCCOCCOCCOCCOCCC(=O)NCCN3C(=O)C=CC3=O)nn2)O[C@H](CO)[C@H](O)[C@@H]1O. The van der Waals surface area contributed by atoms with E-state index in [1.54, 1.807) is 10.9 Å².